The Hall–Kier alpha value is 0.270. The van der Waals surface area contributed by atoms with Crippen LogP contribution in [-0.4, -0.2) is 29.9 Å². The molecule has 0 amide bonds. The quantitative estimate of drug-likeness (QED) is 0.746. The minimum Gasteiger partial charge on any atom is -0.378 e. The van der Waals surface area contributed by atoms with Crippen molar-refractivity contribution in [3.8, 4) is 0 Å². The van der Waals surface area contributed by atoms with E-state index in [0.29, 0.717) is 16.9 Å². The Balaban J connectivity index is 1.96. The molecule has 88 valence electrons. The van der Waals surface area contributed by atoms with Gasteiger partial charge >= 0.3 is 0 Å². The van der Waals surface area contributed by atoms with Crippen LogP contribution in [0.3, 0.4) is 0 Å². The summed E-state index contributed by atoms with van der Waals surface area (Å²) in [5.74, 6) is 2.77. The Morgan fingerprint density at radius 2 is 2.27 bits per heavy atom. The molecule has 0 aromatic rings. The van der Waals surface area contributed by atoms with Gasteiger partial charge in [-0.3, -0.25) is 0 Å². The van der Waals surface area contributed by atoms with Crippen LogP contribution in [0.1, 0.15) is 33.6 Å². The summed E-state index contributed by atoms with van der Waals surface area (Å²) in [6, 6.07) is 0. The molecule has 2 nitrogen and oxygen atoms in total. The monoisotopic (exact) mass is 229 g/mol. The fourth-order valence-electron chi connectivity index (χ4n) is 2.35. The Bertz CT molecular complexity index is 212. The second-order valence-electron chi connectivity index (χ2n) is 5.40. The molecule has 1 spiro atoms. The first kappa shape index (κ1) is 11.7. The Kier molecular flexibility index (Phi) is 3.63. The van der Waals surface area contributed by atoms with Gasteiger partial charge in [-0.15, -0.1) is 11.8 Å². The first-order valence-electron chi connectivity index (χ1n) is 6.12. The highest BCUT2D eigenvalue weighted by atomic mass is 32.2. The van der Waals surface area contributed by atoms with Crippen LogP contribution in [0.15, 0.2) is 0 Å². The lowest BCUT2D eigenvalue weighted by Crippen LogP contribution is -2.54. The fourth-order valence-corrected chi connectivity index (χ4v) is 3.77. The van der Waals surface area contributed by atoms with Gasteiger partial charge in [0.15, 0.2) is 0 Å². The van der Waals surface area contributed by atoms with Gasteiger partial charge in [-0.2, -0.15) is 0 Å². The van der Waals surface area contributed by atoms with Crippen molar-refractivity contribution in [2.45, 2.75) is 44.6 Å². The fraction of sp³-hybridized carbons (Fsp3) is 1.00. The molecule has 15 heavy (non-hydrogen) atoms. The summed E-state index contributed by atoms with van der Waals surface area (Å²) in [5, 5.41) is 3.75. The highest BCUT2D eigenvalue weighted by Gasteiger charge is 2.40. The number of ether oxygens (including phenoxy) is 1. The van der Waals surface area contributed by atoms with Crippen molar-refractivity contribution in [1.82, 2.24) is 5.32 Å². The topological polar surface area (TPSA) is 21.3 Å². The molecular weight excluding hydrogens is 206 g/mol. The Morgan fingerprint density at radius 3 is 2.87 bits per heavy atom. The van der Waals surface area contributed by atoms with Crippen LogP contribution < -0.4 is 5.32 Å². The van der Waals surface area contributed by atoms with Crippen LogP contribution in [0.4, 0.5) is 0 Å². The summed E-state index contributed by atoms with van der Waals surface area (Å²) in [5.41, 5.74) is 0. The molecule has 3 unspecified atom stereocenters. The van der Waals surface area contributed by atoms with E-state index in [1.807, 2.05) is 0 Å². The van der Waals surface area contributed by atoms with E-state index in [0.717, 1.165) is 12.5 Å². The summed E-state index contributed by atoms with van der Waals surface area (Å²) in [7, 11) is 0. The van der Waals surface area contributed by atoms with Gasteiger partial charge in [0, 0.05) is 13.0 Å². The molecule has 0 bridgehead atoms. The molecule has 1 N–H and O–H groups in total. The molecule has 3 atom stereocenters. The van der Waals surface area contributed by atoms with Gasteiger partial charge in [-0.1, -0.05) is 20.8 Å². The number of nitrogens with one attached hydrogen (secondary N) is 1. The number of rotatable bonds is 1. The molecule has 2 saturated heterocycles. The van der Waals surface area contributed by atoms with E-state index in [4.69, 9.17) is 4.74 Å². The third-order valence-electron chi connectivity index (χ3n) is 3.53. The minimum atomic E-state index is 0.333. The average Bonchev–Trinajstić information content (AvgIpc) is 2.23. The van der Waals surface area contributed by atoms with Crippen molar-refractivity contribution in [3.63, 3.8) is 0 Å². The number of hydrogen-bond acceptors (Lipinski definition) is 3. The molecule has 2 aliphatic heterocycles. The highest BCUT2D eigenvalue weighted by molar-refractivity contribution is 8.00. The summed E-state index contributed by atoms with van der Waals surface area (Å²) in [4.78, 5) is 0.333. The van der Waals surface area contributed by atoms with E-state index in [9.17, 15) is 0 Å². The first-order valence-corrected chi connectivity index (χ1v) is 7.10. The molecule has 0 radical (unpaired) electrons. The van der Waals surface area contributed by atoms with Gasteiger partial charge in [0.25, 0.3) is 0 Å². The summed E-state index contributed by atoms with van der Waals surface area (Å²) >= 11 is 2.12. The maximum atomic E-state index is 5.84. The lowest BCUT2D eigenvalue weighted by atomic mass is 9.94. The van der Waals surface area contributed by atoms with Crippen LogP contribution in [0.25, 0.3) is 0 Å². The molecule has 2 rings (SSSR count). The Labute approximate surface area is 97.5 Å². The van der Waals surface area contributed by atoms with Crippen LogP contribution >= 0.6 is 11.8 Å². The van der Waals surface area contributed by atoms with Crippen LogP contribution in [0, 0.1) is 11.8 Å². The van der Waals surface area contributed by atoms with E-state index in [2.05, 4.69) is 37.8 Å². The van der Waals surface area contributed by atoms with Gasteiger partial charge in [-0.05, 0) is 30.6 Å². The van der Waals surface area contributed by atoms with Gasteiger partial charge in [0.1, 0.15) is 0 Å². The standard InChI is InChI=1S/C12H23NOS/c1-9(2)11-6-12(4-5-14-11)13-7-10(3)8-15-12/h9-11,13H,4-8H2,1-3H3. The largest absolute Gasteiger partial charge is 0.378 e. The van der Waals surface area contributed by atoms with E-state index >= 15 is 0 Å². The number of hydrogen-bond donors (Lipinski definition) is 1. The first-order chi connectivity index (χ1) is 7.11. The lowest BCUT2D eigenvalue weighted by molar-refractivity contribution is -0.0322. The van der Waals surface area contributed by atoms with Crippen molar-refractivity contribution in [1.29, 1.82) is 0 Å². The smallest absolute Gasteiger partial charge is 0.0692 e. The molecule has 0 saturated carbocycles. The van der Waals surface area contributed by atoms with Crippen molar-refractivity contribution in [2.24, 2.45) is 11.8 Å². The van der Waals surface area contributed by atoms with Crippen LogP contribution in [0.2, 0.25) is 0 Å². The van der Waals surface area contributed by atoms with Crippen molar-refractivity contribution in [3.05, 3.63) is 0 Å². The SMILES string of the molecule is CC1CNC2(CCOC(C(C)C)C2)SC1. The maximum Gasteiger partial charge on any atom is 0.0692 e. The van der Waals surface area contributed by atoms with Crippen molar-refractivity contribution >= 4 is 11.8 Å². The van der Waals surface area contributed by atoms with Crippen LogP contribution in [0.5, 0.6) is 0 Å². The summed E-state index contributed by atoms with van der Waals surface area (Å²) in [6.45, 7) is 8.96. The normalized spacial score (nSPS) is 42.4. The number of thioether (sulfide) groups is 1. The van der Waals surface area contributed by atoms with E-state index in [1.165, 1.54) is 25.1 Å². The molecule has 0 aromatic carbocycles. The summed E-state index contributed by atoms with van der Waals surface area (Å²) < 4.78 is 5.84. The third kappa shape index (κ3) is 2.69. The van der Waals surface area contributed by atoms with Gasteiger partial charge < -0.3 is 10.1 Å². The predicted molar refractivity (Wildman–Crippen MR) is 66.2 cm³/mol. The zero-order chi connectivity index (χ0) is 10.9. The predicted octanol–water partition coefficient (Wildman–Crippen LogP) is 2.49. The molecular formula is C12H23NOS. The molecule has 2 aliphatic rings. The Morgan fingerprint density at radius 1 is 1.47 bits per heavy atom. The third-order valence-corrected chi connectivity index (χ3v) is 5.33. The second kappa shape index (κ2) is 4.64. The highest BCUT2D eigenvalue weighted by Crippen LogP contribution is 2.40. The molecule has 2 fully saturated rings. The lowest BCUT2D eigenvalue weighted by Gasteiger charge is -2.46. The van der Waals surface area contributed by atoms with E-state index in [1.54, 1.807) is 0 Å². The second-order valence-corrected chi connectivity index (χ2v) is 6.80. The average molecular weight is 229 g/mol. The molecule has 2 heterocycles. The van der Waals surface area contributed by atoms with Gasteiger partial charge in [-0.25, -0.2) is 0 Å². The van der Waals surface area contributed by atoms with Crippen molar-refractivity contribution < 1.29 is 4.74 Å². The van der Waals surface area contributed by atoms with Gasteiger partial charge in [0.05, 0.1) is 11.0 Å². The van der Waals surface area contributed by atoms with Crippen LogP contribution in [-0.2, 0) is 4.74 Å². The van der Waals surface area contributed by atoms with Crippen molar-refractivity contribution in [2.75, 3.05) is 18.9 Å². The van der Waals surface area contributed by atoms with E-state index in [-0.39, 0.29) is 0 Å². The minimum absolute atomic E-state index is 0.333. The summed E-state index contributed by atoms with van der Waals surface area (Å²) in [6.07, 6.45) is 2.81. The molecule has 0 aromatic heterocycles. The zero-order valence-corrected chi connectivity index (χ0v) is 10.9. The zero-order valence-electron chi connectivity index (χ0n) is 10.1. The molecule has 3 heteroatoms. The van der Waals surface area contributed by atoms with Gasteiger partial charge in [0.2, 0.25) is 0 Å². The maximum absolute atomic E-state index is 5.84. The van der Waals surface area contributed by atoms with E-state index < -0.39 is 0 Å². The molecule has 0 aliphatic carbocycles.